The summed E-state index contributed by atoms with van der Waals surface area (Å²) in [6.45, 7) is 5.80. The van der Waals surface area contributed by atoms with Crippen LogP contribution in [0.25, 0.3) is 0 Å². The van der Waals surface area contributed by atoms with E-state index in [-0.39, 0.29) is 0 Å². The molecule has 78 valence electrons. The maximum atomic E-state index is 5.91. The highest BCUT2D eigenvalue weighted by Crippen LogP contribution is 2.14. The van der Waals surface area contributed by atoms with Crippen LogP contribution in [0.5, 0.6) is 0 Å². The molecule has 0 aromatic rings. The number of likely N-dealkylation sites (tertiary alicyclic amines) is 1. The normalized spacial score (nSPS) is 31.2. The summed E-state index contributed by atoms with van der Waals surface area (Å²) in [6, 6.07) is 1.11. The lowest BCUT2D eigenvalue weighted by atomic mass is 9.99. The maximum absolute atomic E-state index is 5.91. The molecule has 1 aliphatic heterocycles. The molecule has 1 rings (SSSR count). The van der Waals surface area contributed by atoms with Crippen molar-refractivity contribution < 1.29 is 0 Å². The minimum absolute atomic E-state index is 0.436. The monoisotopic (exact) mass is 185 g/mol. The van der Waals surface area contributed by atoms with Gasteiger partial charge in [0.05, 0.1) is 0 Å². The molecule has 1 aliphatic rings. The summed E-state index contributed by atoms with van der Waals surface area (Å²) in [5, 5.41) is 0. The zero-order valence-corrected chi connectivity index (χ0v) is 9.16. The first-order valence-corrected chi connectivity index (χ1v) is 5.24. The fourth-order valence-corrected chi connectivity index (χ4v) is 1.92. The van der Waals surface area contributed by atoms with Crippen LogP contribution >= 0.6 is 0 Å². The van der Waals surface area contributed by atoms with Crippen LogP contribution in [-0.2, 0) is 0 Å². The van der Waals surface area contributed by atoms with E-state index in [4.69, 9.17) is 5.73 Å². The summed E-state index contributed by atoms with van der Waals surface area (Å²) >= 11 is 0. The largest absolute Gasteiger partial charge is 0.328 e. The second-order valence-corrected chi connectivity index (χ2v) is 4.47. The van der Waals surface area contributed by atoms with Crippen molar-refractivity contribution in [1.82, 2.24) is 9.80 Å². The van der Waals surface area contributed by atoms with Gasteiger partial charge in [0.15, 0.2) is 0 Å². The third-order valence-electron chi connectivity index (χ3n) is 2.89. The van der Waals surface area contributed by atoms with Gasteiger partial charge in [-0.25, -0.2) is 0 Å². The molecule has 0 amide bonds. The summed E-state index contributed by atoms with van der Waals surface area (Å²) in [5.74, 6) is 0. The van der Waals surface area contributed by atoms with Gasteiger partial charge >= 0.3 is 0 Å². The van der Waals surface area contributed by atoms with Gasteiger partial charge in [-0.3, -0.25) is 4.90 Å². The molecular formula is C10H23N3. The van der Waals surface area contributed by atoms with Gasteiger partial charge < -0.3 is 10.6 Å². The van der Waals surface area contributed by atoms with Crippen molar-refractivity contribution in [1.29, 1.82) is 0 Å². The number of piperidine rings is 1. The molecule has 0 radical (unpaired) electrons. The molecule has 2 unspecified atom stereocenters. The summed E-state index contributed by atoms with van der Waals surface area (Å²) in [4.78, 5) is 4.78. The highest BCUT2D eigenvalue weighted by molar-refractivity contribution is 4.80. The van der Waals surface area contributed by atoms with Gasteiger partial charge in [-0.15, -0.1) is 0 Å². The molecule has 2 atom stereocenters. The Morgan fingerprint density at radius 2 is 2.15 bits per heavy atom. The molecule has 0 aromatic heterocycles. The van der Waals surface area contributed by atoms with Crippen molar-refractivity contribution in [2.45, 2.75) is 31.8 Å². The van der Waals surface area contributed by atoms with Crippen LogP contribution < -0.4 is 5.73 Å². The van der Waals surface area contributed by atoms with Crippen molar-refractivity contribution in [3.63, 3.8) is 0 Å². The number of hydrogen-bond donors (Lipinski definition) is 1. The molecule has 0 bridgehead atoms. The average Bonchev–Trinajstić information content (AvgIpc) is 2.02. The van der Waals surface area contributed by atoms with Crippen LogP contribution in [0.1, 0.15) is 19.8 Å². The van der Waals surface area contributed by atoms with E-state index >= 15 is 0 Å². The van der Waals surface area contributed by atoms with Gasteiger partial charge in [-0.1, -0.05) is 0 Å². The van der Waals surface area contributed by atoms with E-state index < -0.39 is 0 Å². The minimum atomic E-state index is 0.436. The second kappa shape index (κ2) is 4.94. The van der Waals surface area contributed by atoms with E-state index in [0.29, 0.717) is 12.1 Å². The van der Waals surface area contributed by atoms with Crippen molar-refractivity contribution in [2.75, 3.05) is 33.7 Å². The minimum Gasteiger partial charge on any atom is -0.328 e. The smallest absolute Gasteiger partial charge is 0.0112 e. The Morgan fingerprint density at radius 3 is 2.69 bits per heavy atom. The van der Waals surface area contributed by atoms with Crippen LogP contribution in [0.15, 0.2) is 0 Å². The van der Waals surface area contributed by atoms with Crippen molar-refractivity contribution in [3.8, 4) is 0 Å². The van der Waals surface area contributed by atoms with E-state index in [1.54, 1.807) is 0 Å². The highest BCUT2D eigenvalue weighted by Gasteiger charge is 2.22. The first-order valence-electron chi connectivity index (χ1n) is 5.24. The van der Waals surface area contributed by atoms with Gasteiger partial charge in [-0.2, -0.15) is 0 Å². The van der Waals surface area contributed by atoms with Crippen LogP contribution in [-0.4, -0.2) is 55.6 Å². The predicted octanol–water partition coefficient (Wildman–Crippen LogP) is 0.360. The van der Waals surface area contributed by atoms with Gasteiger partial charge in [0.1, 0.15) is 0 Å². The molecule has 13 heavy (non-hydrogen) atoms. The Labute approximate surface area is 81.9 Å². The lowest BCUT2D eigenvalue weighted by Crippen LogP contribution is -2.47. The molecule has 2 N–H and O–H groups in total. The van der Waals surface area contributed by atoms with E-state index in [9.17, 15) is 0 Å². The first kappa shape index (κ1) is 11.0. The summed E-state index contributed by atoms with van der Waals surface area (Å²) < 4.78 is 0. The topological polar surface area (TPSA) is 32.5 Å². The second-order valence-electron chi connectivity index (χ2n) is 4.47. The predicted molar refractivity (Wildman–Crippen MR) is 56.8 cm³/mol. The van der Waals surface area contributed by atoms with Crippen LogP contribution in [0, 0.1) is 0 Å². The SMILES string of the molecule is CC1CC(N)CCN1CCN(C)C. The molecule has 1 saturated heterocycles. The molecule has 1 fully saturated rings. The first-order chi connectivity index (χ1) is 6.09. The Morgan fingerprint density at radius 1 is 1.46 bits per heavy atom. The standard InChI is InChI=1S/C10H23N3/c1-9-8-10(11)4-5-13(9)7-6-12(2)3/h9-10H,4-8,11H2,1-3H3. The molecular weight excluding hydrogens is 162 g/mol. The maximum Gasteiger partial charge on any atom is 0.0112 e. The zero-order chi connectivity index (χ0) is 9.84. The fraction of sp³-hybridized carbons (Fsp3) is 1.00. The Hall–Kier alpha value is -0.120. The van der Waals surface area contributed by atoms with Gasteiger partial charge in [-0.05, 0) is 40.4 Å². The third kappa shape index (κ3) is 3.63. The van der Waals surface area contributed by atoms with Crippen LogP contribution in [0.4, 0.5) is 0 Å². The fourth-order valence-electron chi connectivity index (χ4n) is 1.92. The van der Waals surface area contributed by atoms with Crippen molar-refractivity contribution in [3.05, 3.63) is 0 Å². The Kier molecular flexibility index (Phi) is 4.16. The molecule has 3 nitrogen and oxygen atoms in total. The molecule has 3 heteroatoms. The molecule has 0 aliphatic carbocycles. The van der Waals surface area contributed by atoms with Gasteiger partial charge in [0.2, 0.25) is 0 Å². The lowest BCUT2D eigenvalue weighted by molar-refractivity contribution is 0.136. The number of hydrogen-bond acceptors (Lipinski definition) is 3. The number of rotatable bonds is 3. The van der Waals surface area contributed by atoms with E-state index in [2.05, 4.69) is 30.8 Å². The van der Waals surface area contributed by atoms with E-state index in [1.165, 1.54) is 13.1 Å². The summed E-state index contributed by atoms with van der Waals surface area (Å²) in [5.41, 5.74) is 5.91. The van der Waals surface area contributed by atoms with Crippen molar-refractivity contribution in [2.24, 2.45) is 5.73 Å². The van der Waals surface area contributed by atoms with Gasteiger partial charge in [0.25, 0.3) is 0 Å². The number of nitrogens with zero attached hydrogens (tertiary/aromatic N) is 2. The Balaban J connectivity index is 2.25. The third-order valence-corrected chi connectivity index (χ3v) is 2.89. The van der Waals surface area contributed by atoms with E-state index in [0.717, 1.165) is 19.4 Å². The quantitative estimate of drug-likeness (QED) is 0.689. The number of likely N-dealkylation sites (N-methyl/N-ethyl adjacent to an activating group) is 1. The lowest BCUT2D eigenvalue weighted by Gasteiger charge is -2.36. The summed E-state index contributed by atoms with van der Waals surface area (Å²) in [6.07, 6.45) is 2.32. The van der Waals surface area contributed by atoms with Gasteiger partial charge in [0, 0.05) is 25.2 Å². The number of nitrogens with two attached hydrogens (primary N) is 1. The Bertz CT molecular complexity index is 147. The highest BCUT2D eigenvalue weighted by atomic mass is 15.2. The average molecular weight is 185 g/mol. The van der Waals surface area contributed by atoms with E-state index in [1.807, 2.05) is 0 Å². The van der Waals surface area contributed by atoms with Crippen LogP contribution in [0.3, 0.4) is 0 Å². The molecule has 0 spiro atoms. The molecule has 0 saturated carbocycles. The van der Waals surface area contributed by atoms with Crippen LogP contribution in [0.2, 0.25) is 0 Å². The summed E-state index contributed by atoms with van der Waals surface area (Å²) in [7, 11) is 4.25. The molecule has 0 aromatic carbocycles. The zero-order valence-electron chi connectivity index (χ0n) is 9.16. The van der Waals surface area contributed by atoms with Crippen molar-refractivity contribution >= 4 is 0 Å². The molecule has 1 heterocycles.